The molecule has 0 saturated heterocycles. The fourth-order valence-electron chi connectivity index (χ4n) is 6.09. The van der Waals surface area contributed by atoms with Gasteiger partial charge < -0.3 is 41.3 Å². The van der Waals surface area contributed by atoms with Gasteiger partial charge in [-0.1, -0.05) is 88.4 Å². The predicted octanol–water partition coefficient (Wildman–Crippen LogP) is 3.81. The van der Waals surface area contributed by atoms with Crippen molar-refractivity contribution in [1.82, 2.24) is 41.0 Å². The summed E-state index contributed by atoms with van der Waals surface area (Å²) in [6.07, 6.45) is -2.90. The van der Waals surface area contributed by atoms with Gasteiger partial charge in [0.25, 0.3) is 0 Å². The van der Waals surface area contributed by atoms with Gasteiger partial charge >= 0.3 is 12.1 Å². The Hall–Kier alpha value is -4.90. The molecule has 0 bridgehead atoms. The molecular formula is C40H54N8O6S2. The van der Waals surface area contributed by atoms with E-state index in [9.17, 15) is 29.4 Å². The zero-order valence-corrected chi connectivity index (χ0v) is 34.3. The molecule has 302 valence electrons. The summed E-state index contributed by atoms with van der Waals surface area (Å²) in [5.41, 5.74) is 6.36. The summed E-state index contributed by atoms with van der Waals surface area (Å²) in [6.45, 7) is 7.71. The minimum atomic E-state index is -1.58. The number of hydrogen-bond donors (Lipinski definition) is 6. The third-order valence-electron chi connectivity index (χ3n) is 9.34. The first-order valence-corrected chi connectivity index (χ1v) is 20.4. The van der Waals surface area contributed by atoms with Gasteiger partial charge in [-0.2, -0.15) is 0 Å². The topological polar surface area (TPSA) is 189 Å². The van der Waals surface area contributed by atoms with Gasteiger partial charge in [-0.15, -0.1) is 22.7 Å². The van der Waals surface area contributed by atoms with E-state index < -0.39 is 60.3 Å². The monoisotopic (exact) mass is 806 g/mol. The molecule has 0 aliphatic heterocycles. The van der Waals surface area contributed by atoms with E-state index in [4.69, 9.17) is 0 Å². The zero-order chi connectivity index (χ0) is 40.8. The molecule has 6 amide bonds. The third kappa shape index (κ3) is 13.1. The standard InChI is InChI=1S/C40H54N8O6S2/c1-25(2)33(45-39(53)47(5)19-29-21-55-23-41-29)37(51)43-31(17-27-13-9-7-10-14-27)35(49)36(50)32(18-28-15-11-8-12-16-28)44-38(52)34(26(3)4)46-40(54)48(6)20-30-22-56-24-42-30/h7-16,21-26,31-36,49-50H,17-20H2,1-6H3,(H,43,51)(H,44,52)(H,45,53)(H,46,54)/t31-,32-,33?,34?,35-,36+/m0/s1. The molecular weight excluding hydrogens is 753 g/mol. The van der Waals surface area contributed by atoms with E-state index >= 15 is 0 Å². The third-order valence-corrected chi connectivity index (χ3v) is 10.6. The van der Waals surface area contributed by atoms with E-state index in [0.29, 0.717) is 0 Å². The lowest BCUT2D eigenvalue weighted by Gasteiger charge is -2.35. The number of hydrogen-bond acceptors (Lipinski definition) is 10. The van der Waals surface area contributed by atoms with Gasteiger partial charge in [-0.3, -0.25) is 9.59 Å². The molecule has 6 N–H and O–H groups in total. The van der Waals surface area contributed by atoms with E-state index in [1.165, 1.54) is 32.5 Å². The highest BCUT2D eigenvalue weighted by atomic mass is 32.1. The Morgan fingerprint density at radius 2 is 0.964 bits per heavy atom. The molecule has 0 radical (unpaired) electrons. The van der Waals surface area contributed by atoms with Crippen molar-refractivity contribution >= 4 is 46.6 Å². The average molecular weight is 807 g/mol. The molecule has 16 heteroatoms. The normalized spacial score (nSPS) is 14.5. The number of thiazole rings is 2. The van der Waals surface area contributed by atoms with E-state index in [-0.39, 0.29) is 37.8 Å². The molecule has 0 aliphatic carbocycles. The largest absolute Gasteiger partial charge is 0.388 e. The van der Waals surface area contributed by atoms with Crippen LogP contribution in [0, 0.1) is 11.8 Å². The maximum atomic E-state index is 14.0. The Bertz CT molecular complexity index is 1670. The number of urea groups is 2. The molecule has 4 rings (SSSR count). The summed E-state index contributed by atoms with van der Waals surface area (Å²) in [5, 5.41) is 39.1. The molecule has 6 atom stereocenters. The Balaban J connectivity index is 1.56. The van der Waals surface area contributed by atoms with Crippen LogP contribution in [0.3, 0.4) is 0 Å². The summed E-state index contributed by atoms with van der Waals surface area (Å²) >= 11 is 2.84. The number of nitrogens with zero attached hydrogens (tertiary/aromatic N) is 4. The SMILES string of the molecule is CC(C)C(NC(=O)N(C)Cc1cscn1)C(=O)N[C@@H](Cc1ccccc1)[C@H](O)[C@H](O)[C@H](Cc1ccccc1)NC(=O)C(NC(=O)N(C)Cc1cscn1)C(C)C. The first-order chi connectivity index (χ1) is 26.7. The van der Waals surface area contributed by atoms with Gasteiger partial charge in [0.05, 0.1) is 47.6 Å². The molecule has 2 aromatic heterocycles. The molecule has 2 heterocycles. The lowest BCUT2D eigenvalue weighted by Crippen LogP contribution is -2.62. The molecule has 0 fully saturated rings. The number of benzene rings is 2. The van der Waals surface area contributed by atoms with Crippen LogP contribution < -0.4 is 21.3 Å². The number of aliphatic hydroxyl groups is 2. The summed E-state index contributed by atoms with van der Waals surface area (Å²) in [6, 6.07) is 13.4. The van der Waals surface area contributed by atoms with Crippen molar-refractivity contribution < 1.29 is 29.4 Å². The maximum absolute atomic E-state index is 14.0. The molecule has 0 aliphatic rings. The molecule has 0 saturated carbocycles. The first kappa shape index (κ1) is 43.8. The highest BCUT2D eigenvalue weighted by Crippen LogP contribution is 2.17. The van der Waals surface area contributed by atoms with E-state index in [1.807, 2.05) is 71.4 Å². The van der Waals surface area contributed by atoms with Crippen LogP contribution in [-0.2, 0) is 35.5 Å². The minimum absolute atomic E-state index is 0.134. The minimum Gasteiger partial charge on any atom is -0.388 e. The van der Waals surface area contributed by atoms with Gasteiger partial charge in [0.15, 0.2) is 0 Å². The van der Waals surface area contributed by atoms with Crippen LogP contribution in [0.1, 0.15) is 50.2 Å². The molecule has 4 aromatic rings. The second kappa shape index (κ2) is 21.4. The molecule has 14 nitrogen and oxygen atoms in total. The van der Waals surface area contributed by atoms with Gasteiger partial charge in [-0.05, 0) is 35.8 Å². The number of carbonyl (C=O) groups is 4. The van der Waals surface area contributed by atoms with Crippen LogP contribution >= 0.6 is 22.7 Å². The Kier molecular flexibility index (Phi) is 16.8. The highest BCUT2D eigenvalue weighted by Gasteiger charge is 2.38. The van der Waals surface area contributed by atoms with E-state index in [1.54, 1.807) is 52.8 Å². The number of rotatable bonds is 19. The lowest BCUT2D eigenvalue weighted by atomic mass is 9.90. The van der Waals surface area contributed by atoms with Gasteiger partial charge in [0.2, 0.25) is 11.8 Å². The van der Waals surface area contributed by atoms with Crippen molar-refractivity contribution in [3.05, 3.63) is 105 Å². The van der Waals surface area contributed by atoms with Gasteiger partial charge in [-0.25, -0.2) is 19.6 Å². The van der Waals surface area contributed by atoms with Gasteiger partial charge in [0.1, 0.15) is 24.3 Å². The lowest BCUT2D eigenvalue weighted by molar-refractivity contribution is -0.129. The Morgan fingerprint density at radius 1 is 0.607 bits per heavy atom. The van der Waals surface area contributed by atoms with Crippen LogP contribution in [-0.4, -0.2) is 104 Å². The highest BCUT2D eigenvalue weighted by molar-refractivity contribution is 7.07. The van der Waals surface area contributed by atoms with Crippen molar-refractivity contribution in [2.75, 3.05) is 14.1 Å². The van der Waals surface area contributed by atoms with Crippen molar-refractivity contribution in [3.63, 3.8) is 0 Å². The Labute approximate surface area is 336 Å². The second-order valence-corrected chi connectivity index (χ2v) is 16.0. The Morgan fingerprint density at radius 3 is 1.27 bits per heavy atom. The van der Waals surface area contributed by atoms with Crippen LogP contribution in [0.5, 0.6) is 0 Å². The van der Waals surface area contributed by atoms with Crippen LogP contribution in [0.4, 0.5) is 9.59 Å². The van der Waals surface area contributed by atoms with E-state index in [2.05, 4.69) is 31.2 Å². The number of aromatic nitrogens is 2. The number of aliphatic hydroxyl groups excluding tert-OH is 2. The fourth-order valence-corrected chi connectivity index (χ4v) is 7.19. The van der Waals surface area contributed by atoms with Crippen molar-refractivity contribution in [2.45, 2.75) is 90.0 Å². The number of nitrogens with one attached hydrogen (secondary N) is 4. The smallest absolute Gasteiger partial charge is 0.318 e. The van der Waals surface area contributed by atoms with Crippen molar-refractivity contribution in [1.29, 1.82) is 0 Å². The predicted molar refractivity (Wildman–Crippen MR) is 218 cm³/mol. The number of amides is 6. The van der Waals surface area contributed by atoms with Gasteiger partial charge in [0, 0.05) is 24.9 Å². The van der Waals surface area contributed by atoms with Crippen LogP contribution in [0.25, 0.3) is 0 Å². The summed E-state index contributed by atoms with van der Waals surface area (Å²) in [7, 11) is 3.22. The molecule has 2 aromatic carbocycles. The van der Waals surface area contributed by atoms with Crippen molar-refractivity contribution in [2.24, 2.45) is 11.8 Å². The molecule has 56 heavy (non-hydrogen) atoms. The number of carbonyl (C=O) groups excluding carboxylic acids is 4. The maximum Gasteiger partial charge on any atom is 0.318 e. The zero-order valence-electron chi connectivity index (χ0n) is 32.7. The second-order valence-electron chi connectivity index (χ2n) is 14.6. The van der Waals surface area contributed by atoms with Crippen LogP contribution in [0.2, 0.25) is 0 Å². The van der Waals surface area contributed by atoms with Crippen LogP contribution in [0.15, 0.2) is 82.4 Å². The summed E-state index contributed by atoms with van der Waals surface area (Å²) in [4.78, 5) is 65.7. The molecule has 2 unspecified atom stereocenters. The average Bonchev–Trinajstić information content (AvgIpc) is 3.90. The summed E-state index contributed by atoms with van der Waals surface area (Å²) in [5.74, 6) is -1.76. The quantitative estimate of drug-likeness (QED) is 0.0826. The van der Waals surface area contributed by atoms with E-state index in [0.717, 1.165) is 22.5 Å². The fraction of sp³-hybridized carbons (Fsp3) is 0.450. The molecule has 0 spiro atoms. The van der Waals surface area contributed by atoms with Crippen molar-refractivity contribution in [3.8, 4) is 0 Å². The summed E-state index contributed by atoms with van der Waals surface area (Å²) < 4.78 is 0. The first-order valence-electron chi connectivity index (χ1n) is 18.6.